The number of urea groups is 2. The fraction of sp³-hybridized carbons (Fsp3) is 0.722. The van der Waals surface area contributed by atoms with E-state index in [4.69, 9.17) is 10.2 Å². The molecule has 0 aliphatic carbocycles. The lowest BCUT2D eigenvalue weighted by Crippen LogP contribution is -2.49. The van der Waals surface area contributed by atoms with Crippen molar-refractivity contribution in [1.82, 2.24) is 24.5 Å². The number of nitrogens with zero attached hydrogens (tertiary/aromatic N) is 5. The van der Waals surface area contributed by atoms with E-state index >= 15 is 0 Å². The van der Waals surface area contributed by atoms with Crippen molar-refractivity contribution >= 4 is 30.0 Å². The van der Waals surface area contributed by atoms with E-state index < -0.39 is 36.4 Å². The second kappa shape index (κ2) is 13.3. The van der Waals surface area contributed by atoms with Crippen molar-refractivity contribution in [2.75, 3.05) is 74.0 Å². The molecule has 0 aromatic carbocycles. The van der Waals surface area contributed by atoms with Gasteiger partial charge in [0.15, 0.2) is 5.92 Å². The molecule has 0 saturated heterocycles. The highest BCUT2D eigenvalue weighted by Crippen LogP contribution is 2.06. The van der Waals surface area contributed by atoms with Crippen molar-refractivity contribution in [3.63, 3.8) is 0 Å². The van der Waals surface area contributed by atoms with Crippen LogP contribution < -0.4 is 0 Å². The fourth-order valence-corrected chi connectivity index (χ4v) is 2.69. The number of likely N-dealkylation sites (N-methyl/N-ethyl adjacent to an activating group) is 1. The SMILES string of the molecule is CCN(CCN(CCN(CC(C(=O)O)C(=O)O)C(=O)N(C)C)CC(=O)O)C(=O)N(C)C. The molecule has 13 nitrogen and oxygen atoms in total. The van der Waals surface area contributed by atoms with Gasteiger partial charge in [0, 0.05) is 67.5 Å². The molecule has 31 heavy (non-hydrogen) atoms. The molecule has 0 spiro atoms. The van der Waals surface area contributed by atoms with E-state index in [0.29, 0.717) is 6.54 Å². The molecule has 0 unspecified atom stereocenters. The molecule has 0 atom stereocenters. The number of hydrogen-bond donors (Lipinski definition) is 3. The van der Waals surface area contributed by atoms with Gasteiger partial charge in [0.2, 0.25) is 0 Å². The first-order chi connectivity index (χ1) is 14.3. The van der Waals surface area contributed by atoms with E-state index in [-0.39, 0.29) is 38.8 Å². The lowest BCUT2D eigenvalue weighted by Gasteiger charge is -2.31. The predicted molar refractivity (Wildman–Crippen MR) is 110 cm³/mol. The van der Waals surface area contributed by atoms with Gasteiger partial charge in [-0.15, -0.1) is 0 Å². The summed E-state index contributed by atoms with van der Waals surface area (Å²) in [5.74, 6) is -6.08. The smallest absolute Gasteiger partial charge is 0.319 e. The van der Waals surface area contributed by atoms with Crippen LogP contribution in [-0.2, 0) is 14.4 Å². The van der Waals surface area contributed by atoms with Crippen molar-refractivity contribution in [1.29, 1.82) is 0 Å². The summed E-state index contributed by atoms with van der Waals surface area (Å²) in [6.45, 7) is 1.68. The molecule has 0 radical (unpaired) electrons. The molecule has 13 heteroatoms. The van der Waals surface area contributed by atoms with Gasteiger partial charge in [0.05, 0.1) is 6.54 Å². The lowest BCUT2D eigenvalue weighted by molar-refractivity contribution is -0.155. The average molecular weight is 447 g/mol. The minimum atomic E-state index is -1.81. The number of carboxylic acids is 3. The maximum atomic E-state index is 12.4. The first-order valence-corrected chi connectivity index (χ1v) is 9.63. The van der Waals surface area contributed by atoms with Gasteiger partial charge in [0.1, 0.15) is 0 Å². The number of carboxylic acid groups (broad SMARTS) is 3. The standard InChI is InChI=1S/C18H33N5O8/c1-6-22(17(30)19(2)3)9-7-21(12-14(24)25)8-10-23(18(31)20(4)5)11-13(15(26)27)16(28)29/h13H,6-12H2,1-5H3,(H,24,25)(H,26,27)(H,28,29). The van der Waals surface area contributed by atoms with Crippen LogP contribution in [-0.4, -0.2) is 144 Å². The Morgan fingerprint density at radius 2 is 1.13 bits per heavy atom. The Hall–Kier alpha value is -3.09. The second-order valence-electron chi connectivity index (χ2n) is 7.28. The van der Waals surface area contributed by atoms with E-state index in [9.17, 15) is 29.1 Å². The van der Waals surface area contributed by atoms with Crippen LogP contribution in [0.3, 0.4) is 0 Å². The highest BCUT2D eigenvalue weighted by Gasteiger charge is 2.31. The third kappa shape index (κ3) is 9.98. The van der Waals surface area contributed by atoms with Gasteiger partial charge in [-0.3, -0.25) is 19.3 Å². The number of hydrogen-bond acceptors (Lipinski definition) is 6. The highest BCUT2D eigenvalue weighted by atomic mass is 16.4. The number of carbonyl (C=O) groups excluding carboxylic acids is 2. The summed E-state index contributed by atoms with van der Waals surface area (Å²) in [5.41, 5.74) is 0. The summed E-state index contributed by atoms with van der Waals surface area (Å²) in [6, 6.07) is -0.825. The van der Waals surface area contributed by atoms with E-state index in [1.54, 1.807) is 21.0 Å². The number of rotatable bonds is 13. The number of carbonyl (C=O) groups is 5. The summed E-state index contributed by atoms with van der Waals surface area (Å²) in [4.78, 5) is 64.9. The zero-order valence-corrected chi connectivity index (χ0v) is 18.6. The van der Waals surface area contributed by atoms with E-state index in [1.165, 1.54) is 33.7 Å². The molecule has 0 aliphatic heterocycles. The monoisotopic (exact) mass is 447 g/mol. The van der Waals surface area contributed by atoms with Gasteiger partial charge in [-0.1, -0.05) is 0 Å². The fourth-order valence-electron chi connectivity index (χ4n) is 2.69. The molecular weight excluding hydrogens is 414 g/mol. The summed E-state index contributed by atoms with van der Waals surface area (Å²) >= 11 is 0. The van der Waals surface area contributed by atoms with Crippen LogP contribution in [0.1, 0.15) is 6.92 Å². The zero-order valence-electron chi connectivity index (χ0n) is 18.6. The summed E-state index contributed by atoms with van der Waals surface area (Å²) < 4.78 is 0. The third-order valence-corrected chi connectivity index (χ3v) is 4.42. The Kier molecular flexibility index (Phi) is 11.9. The van der Waals surface area contributed by atoms with Gasteiger partial charge >= 0.3 is 30.0 Å². The van der Waals surface area contributed by atoms with Crippen LogP contribution in [0.25, 0.3) is 0 Å². The maximum absolute atomic E-state index is 12.4. The van der Waals surface area contributed by atoms with E-state index in [2.05, 4.69) is 0 Å². The van der Waals surface area contributed by atoms with Crippen molar-refractivity contribution in [2.24, 2.45) is 5.92 Å². The van der Waals surface area contributed by atoms with Crippen LogP contribution in [0.5, 0.6) is 0 Å². The zero-order chi connectivity index (χ0) is 24.3. The van der Waals surface area contributed by atoms with Gasteiger partial charge in [-0.2, -0.15) is 0 Å². The first kappa shape index (κ1) is 27.9. The molecule has 0 aromatic rings. The van der Waals surface area contributed by atoms with Crippen LogP contribution >= 0.6 is 0 Å². The molecule has 0 bridgehead atoms. The first-order valence-electron chi connectivity index (χ1n) is 9.63. The average Bonchev–Trinajstić information content (AvgIpc) is 2.66. The number of aliphatic carboxylic acids is 3. The second-order valence-corrected chi connectivity index (χ2v) is 7.28. The Morgan fingerprint density at radius 1 is 0.710 bits per heavy atom. The van der Waals surface area contributed by atoms with Crippen molar-refractivity contribution < 1.29 is 39.3 Å². The molecule has 4 amide bonds. The van der Waals surface area contributed by atoms with Crippen molar-refractivity contribution in [3.05, 3.63) is 0 Å². The normalized spacial score (nSPS) is 10.7. The largest absolute Gasteiger partial charge is 0.481 e. The molecule has 0 rings (SSSR count). The van der Waals surface area contributed by atoms with Crippen LogP contribution in [0, 0.1) is 5.92 Å². The molecule has 178 valence electrons. The lowest BCUT2D eigenvalue weighted by atomic mass is 10.1. The van der Waals surface area contributed by atoms with Gasteiger partial charge in [0.25, 0.3) is 0 Å². The van der Waals surface area contributed by atoms with Gasteiger partial charge in [-0.25, -0.2) is 9.59 Å². The number of amides is 4. The quantitative estimate of drug-likeness (QED) is 0.305. The Balaban J connectivity index is 5.33. The Labute approximate surface area is 181 Å². The van der Waals surface area contributed by atoms with Gasteiger partial charge < -0.3 is 34.9 Å². The van der Waals surface area contributed by atoms with Crippen LogP contribution in [0.2, 0.25) is 0 Å². The van der Waals surface area contributed by atoms with Crippen LogP contribution in [0.4, 0.5) is 9.59 Å². The Morgan fingerprint density at radius 3 is 1.48 bits per heavy atom. The van der Waals surface area contributed by atoms with E-state index in [1.807, 2.05) is 0 Å². The minimum absolute atomic E-state index is 0.0472. The molecule has 0 fully saturated rings. The summed E-state index contributed by atoms with van der Waals surface area (Å²) in [5, 5.41) is 27.4. The third-order valence-electron chi connectivity index (χ3n) is 4.42. The summed E-state index contributed by atoms with van der Waals surface area (Å²) in [6.07, 6.45) is 0. The van der Waals surface area contributed by atoms with Gasteiger partial charge in [-0.05, 0) is 6.92 Å². The molecule has 0 aliphatic rings. The molecule has 3 N–H and O–H groups in total. The highest BCUT2D eigenvalue weighted by molar-refractivity contribution is 5.93. The molecule has 0 aromatic heterocycles. The van der Waals surface area contributed by atoms with Crippen LogP contribution in [0.15, 0.2) is 0 Å². The predicted octanol–water partition coefficient (Wildman–Crippen LogP) is -0.854. The van der Waals surface area contributed by atoms with Crippen molar-refractivity contribution in [3.8, 4) is 0 Å². The Bertz CT molecular complexity index is 641. The molecule has 0 saturated carbocycles. The van der Waals surface area contributed by atoms with Crippen molar-refractivity contribution in [2.45, 2.75) is 6.92 Å². The minimum Gasteiger partial charge on any atom is -0.481 e. The maximum Gasteiger partial charge on any atom is 0.319 e. The van der Waals surface area contributed by atoms with E-state index in [0.717, 1.165) is 4.90 Å². The molecular formula is C18H33N5O8. The summed E-state index contributed by atoms with van der Waals surface area (Å²) in [7, 11) is 6.08. The topological polar surface area (TPSA) is 162 Å². The molecule has 0 heterocycles.